The Morgan fingerprint density at radius 1 is 1.00 bits per heavy atom. The summed E-state index contributed by atoms with van der Waals surface area (Å²) < 4.78 is 48.8. The van der Waals surface area contributed by atoms with Crippen molar-refractivity contribution in [2.75, 3.05) is 45.9 Å². The number of ether oxygens (including phenoxy) is 3. The van der Waals surface area contributed by atoms with E-state index >= 15 is 4.39 Å². The number of halogens is 2. The molecule has 5 amide bonds. The van der Waals surface area contributed by atoms with Crippen molar-refractivity contribution < 1.29 is 51.8 Å². The second-order valence-corrected chi connectivity index (χ2v) is 16.6. The molecule has 0 unspecified atom stereocenters. The zero-order valence-electron chi connectivity index (χ0n) is 35.0. The molecule has 2 fully saturated rings. The van der Waals surface area contributed by atoms with E-state index in [-0.39, 0.29) is 56.4 Å². The highest BCUT2D eigenvalue weighted by molar-refractivity contribution is 6.12. The van der Waals surface area contributed by atoms with E-state index in [1.807, 2.05) is 30.3 Å². The van der Waals surface area contributed by atoms with Crippen LogP contribution in [0.25, 0.3) is 11.3 Å². The quantitative estimate of drug-likeness (QED) is 0.178. The highest BCUT2D eigenvalue weighted by Crippen LogP contribution is 2.39. The maximum absolute atomic E-state index is 15.4. The van der Waals surface area contributed by atoms with Crippen LogP contribution < -0.4 is 5.32 Å². The number of nitrogens with one attached hydrogen (secondary N) is 1. The summed E-state index contributed by atoms with van der Waals surface area (Å²) in [5, 5.41) is 2.81. The molecule has 0 spiro atoms. The van der Waals surface area contributed by atoms with Gasteiger partial charge in [0.15, 0.2) is 6.10 Å². The number of nitrogens with zero attached hydrogens (tertiary/aromatic N) is 5. The first kappa shape index (κ1) is 44.6. The number of carbonyl (C=O) groups excluding carboxylic acids is 6. The van der Waals surface area contributed by atoms with Gasteiger partial charge >= 0.3 is 12.1 Å². The lowest BCUT2D eigenvalue weighted by molar-refractivity contribution is -0.160. The summed E-state index contributed by atoms with van der Waals surface area (Å²) in [7, 11) is 0. The Morgan fingerprint density at radius 2 is 1.69 bits per heavy atom. The lowest BCUT2D eigenvalue weighted by atomic mass is 9.87. The first-order chi connectivity index (χ1) is 29.0. The van der Waals surface area contributed by atoms with Gasteiger partial charge in [0, 0.05) is 89.2 Å². The van der Waals surface area contributed by atoms with Gasteiger partial charge in [0.25, 0.3) is 17.7 Å². The molecule has 3 aromatic rings. The SMILES string of the molecule is CC(=O)O[C@@H](C)C(=O)N(C[C@@H]1CN(C(=O)OC(C)(C)C)C[C@H]1C(=O)NCCN1C(=O)C=CC1=O)[C@@H](c1nc(-c2cc(F)ccc2F)cn1Cc1ccccc1)C1CCOCC1. The molecule has 0 radical (unpaired) electrons. The number of aromatic nitrogens is 2. The number of esters is 1. The van der Waals surface area contributed by atoms with Crippen LogP contribution in [0.15, 0.2) is 66.9 Å². The number of hydrogen-bond donors (Lipinski definition) is 1. The van der Waals surface area contributed by atoms with E-state index in [4.69, 9.17) is 19.2 Å². The molecule has 15 nitrogen and oxygen atoms in total. The van der Waals surface area contributed by atoms with Crippen molar-refractivity contribution in [3.8, 4) is 11.3 Å². The largest absolute Gasteiger partial charge is 0.453 e. The third-order valence-electron chi connectivity index (χ3n) is 10.9. The number of hydrogen-bond acceptors (Lipinski definition) is 10. The summed E-state index contributed by atoms with van der Waals surface area (Å²) in [4.78, 5) is 88.2. The van der Waals surface area contributed by atoms with Gasteiger partial charge in [-0.05, 0) is 70.2 Å². The number of likely N-dealkylation sites (tertiary alicyclic amines) is 1. The summed E-state index contributed by atoms with van der Waals surface area (Å²) in [6.07, 6.45) is 2.90. The smallest absolute Gasteiger partial charge is 0.410 e. The van der Waals surface area contributed by atoms with Crippen molar-refractivity contribution in [3.05, 3.63) is 89.9 Å². The summed E-state index contributed by atoms with van der Waals surface area (Å²) >= 11 is 0. The fourth-order valence-corrected chi connectivity index (χ4v) is 8.06. The average molecular weight is 847 g/mol. The Balaban J connectivity index is 1.44. The number of imide groups is 1. The van der Waals surface area contributed by atoms with Gasteiger partial charge in [0.1, 0.15) is 23.1 Å². The van der Waals surface area contributed by atoms with Crippen molar-refractivity contribution in [1.82, 2.24) is 29.6 Å². The molecule has 4 atom stereocenters. The van der Waals surface area contributed by atoms with E-state index in [2.05, 4.69) is 5.32 Å². The van der Waals surface area contributed by atoms with Gasteiger partial charge in [-0.15, -0.1) is 0 Å². The lowest BCUT2D eigenvalue weighted by Gasteiger charge is -2.41. The molecule has 17 heteroatoms. The molecule has 326 valence electrons. The highest BCUT2D eigenvalue weighted by Gasteiger charge is 2.46. The summed E-state index contributed by atoms with van der Waals surface area (Å²) in [6, 6.07) is 11.6. The van der Waals surface area contributed by atoms with Crippen LogP contribution in [0, 0.1) is 29.4 Å². The summed E-state index contributed by atoms with van der Waals surface area (Å²) in [5.74, 6) is -5.77. The molecule has 2 saturated heterocycles. The van der Waals surface area contributed by atoms with Crippen LogP contribution in [-0.4, -0.2) is 118 Å². The fraction of sp³-hybridized carbons (Fsp3) is 0.477. The number of carbonyl (C=O) groups is 6. The molecule has 4 heterocycles. The highest BCUT2D eigenvalue weighted by atomic mass is 19.1. The third-order valence-corrected chi connectivity index (χ3v) is 10.9. The van der Waals surface area contributed by atoms with Gasteiger partial charge in [-0.2, -0.15) is 0 Å². The van der Waals surface area contributed by atoms with Gasteiger partial charge in [0.05, 0.1) is 17.7 Å². The molecule has 1 aromatic heterocycles. The van der Waals surface area contributed by atoms with Crippen LogP contribution in [0.3, 0.4) is 0 Å². The minimum absolute atomic E-state index is 0.00947. The van der Waals surface area contributed by atoms with E-state index in [0.29, 0.717) is 31.9 Å². The van der Waals surface area contributed by atoms with Crippen molar-refractivity contribution in [3.63, 3.8) is 0 Å². The predicted octanol–water partition coefficient (Wildman–Crippen LogP) is 4.65. The average Bonchev–Trinajstić information content (AvgIpc) is 3.92. The first-order valence-electron chi connectivity index (χ1n) is 20.4. The van der Waals surface area contributed by atoms with Gasteiger partial charge in [-0.3, -0.25) is 28.9 Å². The van der Waals surface area contributed by atoms with Crippen LogP contribution in [0.5, 0.6) is 0 Å². The van der Waals surface area contributed by atoms with E-state index in [1.54, 1.807) is 31.5 Å². The lowest BCUT2D eigenvalue weighted by Crippen LogP contribution is -2.50. The predicted molar refractivity (Wildman–Crippen MR) is 216 cm³/mol. The van der Waals surface area contributed by atoms with Crippen LogP contribution in [-0.2, 0) is 44.7 Å². The number of rotatable bonds is 14. The molecule has 2 aromatic carbocycles. The van der Waals surface area contributed by atoms with Crippen LogP contribution in [0.2, 0.25) is 0 Å². The van der Waals surface area contributed by atoms with Crippen LogP contribution in [0.1, 0.15) is 64.9 Å². The van der Waals surface area contributed by atoms with Crippen LogP contribution >= 0.6 is 0 Å². The molecule has 1 N–H and O–H groups in total. The van der Waals surface area contributed by atoms with E-state index < -0.39 is 76.9 Å². The number of amides is 5. The zero-order valence-corrected chi connectivity index (χ0v) is 35.0. The van der Waals surface area contributed by atoms with Gasteiger partial charge in [-0.25, -0.2) is 18.6 Å². The molecule has 0 aliphatic carbocycles. The Morgan fingerprint density at radius 3 is 2.34 bits per heavy atom. The Bertz CT molecular complexity index is 2130. The Kier molecular flexibility index (Phi) is 14.0. The molecule has 0 saturated carbocycles. The molecular formula is C44H52F2N6O9. The minimum Gasteiger partial charge on any atom is -0.453 e. The minimum atomic E-state index is -1.29. The first-order valence-corrected chi connectivity index (χ1v) is 20.4. The normalized spacial score (nSPS) is 19.2. The van der Waals surface area contributed by atoms with Crippen LogP contribution in [0.4, 0.5) is 13.6 Å². The third kappa shape index (κ3) is 11.1. The molecule has 3 aliphatic rings. The van der Waals surface area contributed by atoms with E-state index in [0.717, 1.165) is 40.8 Å². The number of benzene rings is 2. The molecule has 61 heavy (non-hydrogen) atoms. The Hall–Kier alpha value is -5.97. The van der Waals surface area contributed by atoms with Gasteiger partial charge < -0.3 is 33.9 Å². The van der Waals surface area contributed by atoms with E-state index in [9.17, 15) is 33.2 Å². The monoisotopic (exact) mass is 846 g/mol. The molecule has 3 aliphatic heterocycles. The molecule has 0 bridgehead atoms. The topological polar surface area (TPSA) is 170 Å². The second kappa shape index (κ2) is 19.2. The number of imidazole rings is 1. The molecule has 6 rings (SSSR count). The van der Waals surface area contributed by atoms with Crippen molar-refractivity contribution >= 4 is 35.7 Å². The molecular weight excluding hydrogens is 795 g/mol. The maximum atomic E-state index is 15.4. The van der Waals surface area contributed by atoms with Crippen molar-refractivity contribution in [2.45, 2.75) is 71.8 Å². The second-order valence-electron chi connectivity index (χ2n) is 16.6. The van der Waals surface area contributed by atoms with Crippen molar-refractivity contribution in [2.24, 2.45) is 17.8 Å². The fourth-order valence-electron chi connectivity index (χ4n) is 8.06. The zero-order chi connectivity index (χ0) is 44.0. The maximum Gasteiger partial charge on any atom is 0.410 e. The Labute approximate surface area is 353 Å². The van der Waals surface area contributed by atoms with E-state index in [1.165, 1.54) is 23.6 Å². The summed E-state index contributed by atoms with van der Waals surface area (Å²) in [5.41, 5.74) is 0.0383. The van der Waals surface area contributed by atoms with Crippen molar-refractivity contribution in [1.29, 1.82) is 0 Å². The standard InChI is InChI=1S/C44H52F2N6O9/c1-27(60-28(2)53)42(57)52(24-31-23-50(43(58)61-44(3,4)5)25-34(31)41(56)47-17-18-51-37(54)13-14-38(51)55)39(30-15-19-59-20-16-30)40-48-36(33-21-32(45)11-12-35(33)46)26-49(40)22-29-9-7-6-8-10-29/h6-14,21,26-27,30-31,34,39H,15-20,22-25H2,1-5H3,(H,47,56)/t27-,31-,34+,39+/m0/s1. The summed E-state index contributed by atoms with van der Waals surface area (Å²) in [6.45, 7) is 8.35. The van der Waals surface area contributed by atoms with Gasteiger partial charge in [0.2, 0.25) is 5.91 Å². The van der Waals surface area contributed by atoms with Gasteiger partial charge in [-0.1, -0.05) is 30.3 Å².